The highest BCUT2D eigenvalue weighted by Gasteiger charge is 2.17. The predicted molar refractivity (Wildman–Crippen MR) is 71.6 cm³/mol. The third-order valence-corrected chi connectivity index (χ3v) is 3.71. The largest absolute Gasteiger partial charge is 0.506 e. The number of methoxy groups -OCH3 is 1. The zero-order valence-electron chi connectivity index (χ0n) is 9.64. The number of rotatable bonds is 3. The van der Waals surface area contributed by atoms with Crippen molar-refractivity contribution in [2.45, 2.75) is 6.42 Å². The molecule has 0 bridgehead atoms. The Morgan fingerprint density at radius 2 is 2.28 bits per heavy atom. The van der Waals surface area contributed by atoms with Crippen molar-refractivity contribution in [1.82, 2.24) is 0 Å². The Morgan fingerprint density at radius 1 is 1.50 bits per heavy atom. The van der Waals surface area contributed by atoms with Crippen LogP contribution in [-0.2, 0) is 11.2 Å². The van der Waals surface area contributed by atoms with Crippen LogP contribution in [0, 0.1) is 0 Å². The van der Waals surface area contributed by atoms with Crippen molar-refractivity contribution in [2.75, 3.05) is 7.11 Å². The Hall–Kier alpha value is -1.52. The zero-order chi connectivity index (χ0) is 13.1. The molecule has 1 aromatic heterocycles. The van der Waals surface area contributed by atoms with Crippen LogP contribution in [0.5, 0.6) is 5.75 Å². The molecule has 18 heavy (non-hydrogen) atoms. The van der Waals surface area contributed by atoms with Crippen molar-refractivity contribution >= 4 is 28.9 Å². The number of ether oxygens (including phenoxy) is 1. The molecule has 0 atom stereocenters. The fourth-order valence-corrected chi connectivity index (χ4v) is 2.76. The van der Waals surface area contributed by atoms with Gasteiger partial charge in [0.05, 0.1) is 12.0 Å². The fourth-order valence-electron chi connectivity index (χ4n) is 1.60. The molecule has 1 N–H and O–H groups in total. The van der Waals surface area contributed by atoms with E-state index < -0.39 is 5.97 Å². The Labute approximate surface area is 114 Å². The number of thiophene rings is 1. The van der Waals surface area contributed by atoms with Crippen LogP contribution in [0.25, 0.3) is 0 Å². The molecule has 1 heterocycles. The van der Waals surface area contributed by atoms with E-state index in [0.717, 1.165) is 10.4 Å². The smallest absolute Gasteiger partial charge is 0.342 e. The Kier molecular flexibility index (Phi) is 3.89. The van der Waals surface area contributed by atoms with Crippen LogP contribution in [0.1, 0.15) is 20.8 Å². The predicted octanol–water partition coefficient (Wildman–Crippen LogP) is 3.48. The Balaban J connectivity index is 2.25. The molecule has 5 heteroatoms. The molecule has 3 nitrogen and oxygen atoms in total. The van der Waals surface area contributed by atoms with Crippen molar-refractivity contribution < 1.29 is 14.6 Å². The maximum absolute atomic E-state index is 11.4. The maximum atomic E-state index is 11.4. The van der Waals surface area contributed by atoms with E-state index in [1.54, 1.807) is 11.4 Å². The monoisotopic (exact) mass is 282 g/mol. The van der Waals surface area contributed by atoms with Gasteiger partial charge in [0.2, 0.25) is 0 Å². The molecule has 0 unspecified atom stereocenters. The summed E-state index contributed by atoms with van der Waals surface area (Å²) in [5, 5.41) is 12.2. The molecule has 2 aromatic rings. The summed E-state index contributed by atoms with van der Waals surface area (Å²) >= 11 is 7.22. The van der Waals surface area contributed by atoms with Gasteiger partial charge in [0.1, 0.15) is 11.3 Å². The molecule has 0 fully saturated rings. The van der Waals surface area contributed by atoms with E-state index in [-0.39, 0.29) is 11.3 Å². The van der Waals surface area contributed by atoms with Crippen molar-refractivity contribution in [2.24, 2.45) is 0 Å². The lowest BCUT2D eigenvalue weighted by Crippen LogP contribution is -1.99. The van der Waals surface area contributed by atoms with E-state index in [1.165, 1.54) is 18.4 Å². The molecule has 0 spiro atoms. The van der Waals surface area contributed by atoms with Crippen LogP contribution in [0.3, 0.4) is 0 Å². The van der Waals surface area contributed by atoms with Crippen molar-refractivity contribution in [1.29, 1.82) is 0 Å². The van der Waals surface area contributed by atoms with E-state index in [2.05, 4.69) is 4.74 Å². The number of carbonyl (C=O) groups is 1. The van der Waals surface area contributed by atoms with Crippen LogP contribution in [0.15, 0.2) is 29.6 Å². The van der Waals surface area contributed by atoms with Gasteiger partial charge >= 0.3 is 5.97 Å². The van der Waals surface area contributed by atoms with Gasteiger partial charge in [0.15, 0.2) is 0 Å². The van der Waals surface area contributed by atoms with Gasteiger partial charge in [0.25, 0.3) is 0 Å². The van der Waals surface area contributed by atoms with E-state index in [1.807, 2.05) is 18.2 Å². The molecule has 0 aliphatic carbocycles. The average molecular weight is 283 g/mol. The number of aromatic hydroxyl groups is 1. The molecule has 0 amide bonds. The topological polar surface area (TPSA) is 46.5 Å². The maximum Gasteiger partial charge on any atom is 0.342 e. The molecule has 0 aliphatic heterocycles. The van der Waals surface area contributed by atoms with E-state index in [9.17, 15) is 9.90 Å². The van der Waals surface area contributed by atoms with E-state index in [4.69, 9.17) is 11.6 Å². The first-order valence-electron chi connectivity index (χ1n) is 5.24. The van der Waals surface area contributed by atoms with Crippen LogP contribution >= 0.6 is 22.9 Å². The van der Waals surface area contributed by atoms with Gasteiger partial charge in [-0.15, -0.1) is 11.3 Å². The lowest BCUT2D eigenvalue weighted by molar-refractivity contribution is 0.0598. The molecule has 1 aromatic carbocycles. The minimum absolute atomic E-state index is 0.00757. The van der Waals surface area contributed by atoms with E-state index >= 15 is 0 Å². The van der Waals surface area contributed by atoms with Gasteiger partial charge < -0.3 is 9.84 Å². The summed E-state index contributed by atoms with van der Waals surface area (Å²) in [6, 6.07) is 7.39. The lowest BCUT2D eigenvalue weighted by Gasteiger charge is -2.01. The lowest BCUT2D eigenvalue weighted by atomic mass is 10.1. The van der Waals surface area contributed by atoms with Gasteiger partial charge in [0, 0.05) is 16.8 Å². The van der Waals surface area contributed by atoms with Gasteiger partial charge in [-0.05, 0) is 17.7 Å². The first-order valence-corrected chi connectivity index (χ1v) is 6.49. The summed E-state index contributed by atoms with van der Waals surface area (Å²) in [6.07, 6.45) is 0.536. The molecule has 0 aliphatic rings. The molecule has 0 radical (unpaired) electrons. The van der Waals surface area contributed by atoms with Crippen LogP contribution in [0.4, 0.5) is 0 Å². The molecule has 94 valence electrons. The SMILES string of the molecule is COC(=O)c1csc(Cc2cccc(Cl)c2)c1O. The second-order valence-corrected chi connectivity index (χ2v) is 5.12. The molecule has 0 saturated heterocycles. The van der Waals surface area contributed by atoms with E-state index in [0.29, 0.717) is 11.4 Å². The van der Waals surface area contributed by atoms with Crippen LogP contribution in [0.2, 0.25) is 5.02 Å². The van der Waals surface area contributed by atoms with Crippen LogP contribution in [-0.4, -0.2) is 18.2 Å². The second-order valence-electron chi connectivity index (χ2n) is 3.72. The minimum atomic E-state index is -0.527. The molecule has 2 rings (SSSR count). The number of benzene rings is 1. The van der Waals surface area contributed by atoms with Gasteiger partial charge in [-0.3, -0.25) is 0 Å². The highest BCUT2D eigenvalue weighted by molar-refractivity contribution is 7.10. The Bertz CT molecular complexity index is 577. The quantitative estimate of drug-likeness (QED) is 0.877. The summed E-state index contributed by atoms with van der Waals surface area (Å²) in [6.45, 7) is 0. The van der Waals surface area contributed by atoms with Crippen molar-refractivity contribution in [3.63, 3.8) is 0 Å². The van der Waals surface area contributed by atoms with Crippen molar-refractivity contribution in [3.8, 4) is 5.75 Å². The normalized spacial score (nSPS) is 10.3. The van der Waals surface area contributed by atoms with Crippen LogP contribution < -0.4 is 0 Å². The first kappa shape index (κ1) is 12.9. The number of carbonyl (C=O) groups excluding carboxylic acids is 1. The summed E-state index contributed by atoms with van der Waals surface area (Å²) in [5.41, 5.74) is 1.19. The number of hydrogen-bond acceptors (Lipinski definition) is 4. The van der Waals surface area contributed by atoms with Gasteiger partial charge in [-0.25, -0.2) is 4.79 Å². The Morgan fingerprint density at radius 3 is 2.94 bits per heavy atom. The minimum Gasteiger partial charge on any atom is -0.506 e. The highest BCUT2D eigenvalue weighted by atomic mass is 35.5. The summed E-state index contributed by atoms with van der Waals surface area (Å²) in [4.78, 5) is 12.1. The third-order valence-electron chi connectivity index (χ3n) is 2.50. The first-order chi connectivity index (χ1) is 8.61. The fraction of sp³-hybridized carbons (Fsp3) is 0.154. The number of halogens is 1. The molecule has 0 saturated carbocycles. The average Bonchev–Trinajstić information content (AvgIpc) is 2.70. The zero-order valence-corrected chi connectivity index (χ0v) is 11.2. The highest BCUT2D eigenvalue weighted by Crippen LogP contribution is 2.32. The molecular formula is C13H11ClO3S. The third kappa shape index (κ3) is 2.66. The number of esters is 1. The van der Waals surface area contributed by atoms with Gasteiger partial charge in [-0.2, -0.15) is 0 Å². The second kappa shape index (κ2) is 5.42. The summed E-state index contributed by atoms with van der Waals surface area (Å²) < 4.78 is 4.59. The standard InChI is InChI=1S/C13H11ClO3S/c1-17-13(16)10-7-18-11(12(10)15)6-8-3-2-4-9(14)5-8/h2-5,7,15H,6H2,1H3. The van der Waals surface area contributed by atoms with Gasteiger partial charge in [-0.1, -0.05) is 23.7 Å². The summed E-state index contributed by atoms with van der Waals surface area (Å²) in [5.74, 6) is -0.534. The van der Waals surface area contributed by atoms with Crippen molar-refractivity contribution in [3.05, 3.63) is 50.7 Å². The summed E-state index contributed by atoms with van der Waals surface area (Å²) in [7, 11) is 1.29. The molecular weight excluding hydrogens is 272 g/mol. The number of hydrogen-bond donors (Lipinski definition) is 1.